The molecule has 0 saturated heterocycles. The van der Waals surface area contributed by atoms with E-state index >= 15 is 0 Å². The highest BCUT2D eigenvalue weighted by Gasteiger charge is 2.17. The molecular formula is C21H23N5. The lowest BCUT2D eigenvalue weighted by Gasteiger charge is -2.22. The Labute approximate surface area is 153 Å². The number of nitrogens with one attached hydrogen (secondary N) is 1. The number of hydrogen-bond acceptors (Lipinski definition) is 5. The first-order chi connectivity index (χ1) is 12.9. The van der Waals surface area contributed by atoms with E-state index in [9.17, 15) is 0 Å². The predicted octanol–water partition coefficient (Wildman–Crippen LogP) is 4.59. The molecule has 0 atom stereocenters. The van der Waals surface area contributed by atoms with Crippen LogP contribution in [0.3, 0.4) is 0 Å². The highest BCUT2D eigenvalue weighted by molar-refractivity contribution is 5.72. The molecule has 1 aliphatic carbocycles. The zero-order valence-corrected chi connectivity index (χ0v) is 14.8. The summed E-state index contributed by atoms with van der Waals surface area (Å²) in [5, 5.41) is 12.3. The largest absolute Gasteiger partial charge is 0.368 e. The average Bonchev–Trinajstić information content (AvgIpc) is 2.74. The molecule has 1 N–H and O–H groups in total. The van der Waals surface area contributed by atoms with Crippen molar-refractivity contribution in [3.8, 4) is 22.8 Å². The summed E-state index contributed by atoms with van der Waals surface area (Å²) in [6.45, 7) is 0.931. The number of hydrogen-bond donors (Lipinski definition) is 1. The van der Waals surface area contributed by atoms with Gasteiger partial charge in [-0.15, -0.1) is 10.2 Å². The third kappa shape index (κ3) is 3.87. The second kappa shape index (κ2) is 8.04. The van der Waals surface area contributed by atoms with Gasteiger partial charge >= 0.3 is 0 Å². The van der Waals surface area contributed by atoms with Gasteiger partial charge in [0.1, 0.15) is 11.4 Å². The highest BCUT2D eigenvalue weighted by Crippen LogP contribution is 2.28. The zero-order valence-electron chi connectivity index (χ0n) is 14.8. The summed E-state index contributed by atoms with van der Waals surface area (Å²) in [7, 11) is 0. The third-order valence-corrected chi connectivity index (χ3v) is 4.91. The van der Waals surface area contributed by atoms with Crippen molar-refractivity contribution in [2.45, 2.75) is 32.1 Å². The monoisotopic (exact) mass is 345 g/mol. The first kappa shape index (κ1) is 16.6. The van der Waals surface area contributed by atoms with E-state index in [2.05, 4.69) is 20.5 Å². The summed E-state index contributed by atoms with van der Waals surface area (Å²) in [5.74, 6) is 2.05. The number of benzene rings is 1. The van der Waals surface area contributed by atoms with Gasteiger partial charge in [-0.05, 0) is 30.9 Å². The van der Waals surface area contributed by atoms with Crippen LogP contribution in [-0.4, -0.2) is 26.7 Å². The minimum absolute atomic E-state index is 0.552. The molecule has 2 heterocycles. The second-order valence-electron chi connectivity index (χ2n) is 6.80. The summed E-state index contributed by atoms with van der Waals surface area (Å²) in [6.07, 6.45) is 8.36. The van der Waals surface area contributed by atoms with Crippen LogP contribution in [0.5, 0.6) is 0 Å². The van der Waals surface area contributed by atoms with Crippen molar-refractivity contribution in [3.63, 3.8) is 0 Å². The van der Waals surface area contributed by atoms with Crippen LogP contribution in [-0.2, 0) is 0 Å². The lowest BCUT2D eigenvalue weighted by atomic mass is 9.89. The van der Waals surface area contributed by atoms with Crippen LogP contribution in [0, 0.1) is 5.92 Å². The van der Waals surface area contributed by atoms with Crippen LogP contribution in [0.1, 0.15) is 32.1 Å². The van der Waals surface area contributed by atoms with E-state index in [-0.39, 0.29) is 0 Å². The summed E-state index contributed by atoms with van der Waals surface area (Å²) in [5.41, 5.74) is 2.55. The zero-order chi connectivity index (χ0) is 17.6. The Morgan fingerprint density at radius 3 is 2.46 bits per heavy atom. The van der Waals surface area contributed by atoms with Gasteiger partial charge in [-0.25, -0.2) is 4.98 Å². The molecule has 0 unspecified atom stereocenters. The molecule has 0 amide bonds. The van der Waals surface area contributed by atoms with Gasteiger partial charge < -0.3 is 5.32 Å². The summed E-state index contributed by atoms with van der Waals surface area (Å²) in [4.78, 5) is 9.11. The van der Waals surface area contributed by atoms with Crippen molar-refractivity contribution in [3.05, 3.63) is 54.7 Å². The maximum atomic E-state index is 4.76. The van der Waals surface area contributed by atoms with Crippen LogP contribution in [0.4, 0.5) is 5.82 Å². The van der Waals surface area contributed by atoms with Crippen LogP contribution < -0.4 is 5.32 Å². The molecule has 1 saturated carbocycles. The minimum Gasteiger partial charge on any atom is -0.368 e. The predicted molar refractivity (Wildman–Crippen MR) is 104 cm³/mol. The molecule has 1 aromatic carbocycles. The molecular weight excluding hydrogens is 322 g/mol. The number of nitrogens with zero attached hydrogens (tertiary/aromatic N) is 4. The standard InChI is InChI=1S/C21H23N5/c1-3-9-16(10-4-1)15-23-21-19(17-11-5-2-6-12-17)25-26-20(24-21)18-13-7-8-14-22-18/h2,5-8,11-14,16H,1,3-4,9-10,15H2,(H,23,24,26). The van der Waals surface area contributed by atoms with Gasteiger partial charge in [0.25, 0.3) is 0 Å². The smallest absolute Gasteiger partial charge is 0.202 e. The molecule has 0 spiro atoms. The van der Waals surface area contributed by atoms with Crippen LogP contribution in [0.15, 0.2) is 54.7 Å². The molecule has 3 aromatic rings. The minimum atomic E-state index is 0.552. The summed E-state index contributed by atoms with van der Waals surface area (Å²) >= 11 is 0. The maximum Gasteiger partial charge on any atom is 0.202 e. The summed E-state index contributed by atoms with van der Waals surface area (Å²) in [6, 6.07) is 15.8. The van der Waals surface area contributed by atoms with Crippen molar-refractivity contribution >= 4 is 5.82 Å². The number of rotatable bonds is 5. The Bertz CT molecular complexity index is 830. The van der Waals surface area contributed by atoms with E-state index in [1.165, 1.54) is 32.1 Å². The molecule has 26 heavy (non-hydrogen) atoms. The second-order valence-corrected chi connectivity index (χ2v) is 6.80. The maximum absolute atomic E-state index is 4.76. The molecule has 0 radical (unpaired) electrons. The highest BCUT2D eigenvalue weighted by atomic mass is 15.2. The lowest BCUT2D eigenvalue weighted by molar-refractivity contribution is 0.373. The van der Waals surface area contributed by atoms with E-state index in [4.69, 9.17) is 4.98 Å². The fraction of sp³-hybridized carbons (Fsp3) is 0.333. The average molecular weight is 345 g/mol. The van der Waals surface area contributed by atoms with E-state index in [0.717, 1.165) is 29.3 Å². The Morgan fingerprint density at radius 2 is 1.69 bits per heavy atom. The van der Waals surface area contributed by atoms with Gasteiger partial charge in [0.2, 0.25) is 5.82 Å². The van der Waals surface area contributed by atoms with Crippen molar-refractivity contribution < 1.29 is 0 Å². The topological polar surface area (TPSA) is 63.6 Å². The fourth-order valence-corrected chi connectivity index (χ4v) is 3.48. The number of aromatic nitrogens is 4. The third-order valence-electron chi connectivity index (χ3n) is 4.91. The molecule has 2 aromatic heterocycles. The molecule has 0 bridgehead atoms. The molecule has 1 aliphatic rings. The summed E-state index contributed by atoms with van der Waals surface area (Å²) < 4.78 is 0. The van der Waals surface area contributed by atoms with E-state index in [1.807, 2.05) is 48.5 Å². The number of anilines is 1. The van der Waals surface area contributed by atoms with Gasteiger partial charge in [-0.1, -0.05) is 55.7 Å². The van der Waals surface area contributed by atoms with Crippen LogP contribution >= 0.6 is 0 Å². The SMILES string of the molecule is c1ccc(-c2nnc(-c3ccccn3)nc2NCC2CCCCC2)cc1. The number of pyridine rings is 1. The molecule has 132 valence electrons. The lowest BCUT2D eigenvalue weighted by Crippen LogP contribution is -2.18. The van der Waals surface area contributed by atoms with Crippen molar-refractivity contribution in [2.24, 2.45) is 5.92 Å². The molecule has 4 rings (SSSR count). The van der Waals surface area contributed by atoms with Crippen LogP contribution in [0.2, 0.25) is 0 Å². The Kier molecular flexibility index (Phi) is 5.14. The molecule has 1 fully saturated rings. The Balaban J connectivity index is 1.64. The first-order valence-electron chi connectivity index (χ1n) is 9.35. The quantitative estimate of drug-likeness (QED) is 0.732. The van der Waals surface area contributed by atoms with E-state index < -0.39 is 0 Å². The van der Waals surface area contributed by atoms with E-state index in [1.54, 1.807) is 6.20 Å². The van der Waals surface area contributed by atoms with Crippen molar-refractivity contribution in [2.75, 3.05) is 11.9 Å². The first-order valence-corrected chi connectivity index (χ1v) is 9.35. The molecule has 0 aliphatic heterocycles. The van der Waals surface area contributed by atoms with E-state index in [0.29, 0.717) is 11.7 Å². The normalized spacial score (nSPS) is 14.9. The van der Waals surface area contributed by atoms with Gasteiger partial charge in [-0.3, -0.25) is 4.98 Å². The van der Waals surface area contributed by atoms with Gasteiger partial charge in [-0.2, -0.15) is 0 Å². The van der Waals surface area contributed by atoms with Gasteiger partial charge in [0.15, 0.2) is 5.82 Å². The van der Waals surface area contributed by atoms with Gasteiger partial charge in [0, 0.05) is 18.3 Å². The van der Waals surface area contributed by atoms with Gasteiger partial charge in [0.05, 0.1) is 0 Å². The Hall–Kier alpha value is -2.82. The molecule has 5 heteroatoms. The van der Waals surface area contributed by atoms with Crippen molar-refractivity contribution in [1.82, 2.24) is 20.2 Å². The Morgan fingerprint density at radius 1 is 0.885 bits per heavy atom. The van der Waals surface area contributed by atoms with Crippen LogP contribution in [0.25, 0.3) is 22.8 Å². The fourth-order valence-electron chi connectivity index (χ4n) is 3.48. The molecule has 5 nitrogen and oxygen atoms in total. The van der Waals surface area contributed by atoms with Crippen molar-refractivity contribution in [1.29, 1.82) is 0 Å².